The summed E-state index contributed by atoms with van der Waals surface area (Å²) >= 11 is 0. The van der Waals surface area contributed by atoms with Gasteiger partial charge in [-0.15, -0.1) is 0 Å². The lowest BCUT2D eigenvalue weighted by molar-refractivity contribution is -0.145. The van der Waals surface area contributed by atoms with E-state index in [0.29, 0.717) is 17.9 Å². The average molecular weight is 169 g/mol. The van der Waals surface area contributed by atoms with E-state index >= 15 is 0 Å². The summed E-state index contributed by atoms with van der Waals surface area (Å²) in [4.78, 5) is 11.2. The fourth-order valence-electron chi connectivity index (χ4n) is 2.64. The molecule has 2 fully saturated rings. The molecule has 0 aliphatic heterocycles. The van der Waals surface area contributed by atoms with Crippen molar-refractivity contribution in [3.63, 3.8) is 0 Å². The van der Waals surface area contributed by atoms with Gasteiger partial charge in [-0.25, -0.2) is 0 Å². The van der Waals surface area contributed by atoms with Crippen LogP contribution in [-0.4, -0.2) is 19.1 Å². The van der Waals surface area contributed by atoms with E-state index in [9.17, 15) is 4.79 Å². The summed E-state index contributed by atoms with van der Waals surface area (Å²) in [6, 6.07) is 0.352. The lowest BCUT2D eigenvalue weighted by Gasteiger charge is -2.37. The Morgan fingerprint density at radius 2 is 2.17 bits per heavy atom. The Labute approximate surface area is 72.3 Å². The molecule has 0 aromatic carbocycles. The molecule has 2 aliphatic carbocycles. The van der Waals surface area contributed by atoms with Gasteiger partial charge in [0.25, 0.3) is 0 Å². The highest BCUT2D eigenvalue weighted by Crippen LogP contribution is 2.48. The number of carbonyl (C=O) groups is 1. The van der Waals surface area contributed by atoms with Gasteiger partial charge in [-0.1, -0.05) is 0 Å². The second-order valence-electron chi connectivity index (χ2n) is 4.01. The molecule has 68 valence electrons. The number of esters is 1. The second kappa shape index (κ2) is 2.73. The van der Waals surface area contributed by atoms with E-state index in [1.165, 1.54) is 7.11 Å². The van der Waals surface area contributed by atoms with Crippen molar-refractivity contribution in [2.75, 3.05) is 7.11 Å². The Kier molecular flexibility index (Phi) is 1.83. The minimum Gasteiger partial charge on any atom is -0.469 e. The zero-order valence-electron chi connectivity index (χ0n) is 7.32. The molecule has 0 radical (unpaired) electrons. The number of rotatable bonds is 1. The Bertz CT molecular complexity index is 205. The van der Waals surface area contributed by atoms with Crippen LogP contribution < -0.4 is 5.73 Å². The number of carbonyl (C=O) groups excluding carboxylic acids is 1. The Morgan fingerprint density at radius 3 is 2.67 bits per heavy atom. The average Bonchev–Trinajstić information content (AvgIpc) is 2.41. The van der Waals surface area contributed by atoms with Gasteiger partial charge in [0.1, 0.15) is 0 Å². The molecule has 2 rings (SSSR count). The predicted octanol–water partition coefficient (Wildman–Crippen LogP) is 0.533. The van der Waals surface area contributed by atoms with Crippen molar-refractivity contribution in [2.24, 2.45) is 23.5 Å². The molecule has 3 nitrogen and oxygen atoms in total. The van der Waals surface area contributed by atoms with E-state index in [-0.39, 0.29) is 11.9 Å². The molecule has 0 aromatic rings. The van der Waals surface area contributed by atoms with Gasteiger partial charge in [0.2, 0.25) is 0 Å². The maximum atomic E-state index is 11.2. The molecule has 4 unspecified atom stereocenters. The number of hydrogen-bond donors (Lipinski definition) is 1. The van der Waals surface area contributed by atoms with Crippen LogP contribution in [0.1, 0.15) is 19.3 Å². The Balaban J connectivity index is 1.94. The zero-order chi connectivity index (χ0) is 8.72. The molecular weight excluding hydrogens is 154 g/mol. The van der Waals surface area contributed by atoms with E-state index in [2.05, 4.69) is 0 Å². The number of fused-ring (bicyclic) bond motifs is 1. The highest BCUT2D eigenvalue weighted by Gasteiger charge is 2.48. The summed E-state index contributed by atoms with van der Waals surface area (Å²) in [7, 11) is 1.46. The molecule has 0 spiro atoms. The minimum absolute atomic E-state index is 0.0448. The molecule has 3 heteroatoms. The number of nitrogens with two attached hydrogens (primary N) is 1. The fraction of sp³-hybridized carbons (Fsp3) is 0.889. The van der Waals surface area contributed by atoms with Crippen LogP contribution in [0.2, 0.25) is 0 Å². The second-order valence-corrected chi connectivity index (χ2v) is 4.01. The zero-order valence-corrected chi connectivity index (χ0v) is 7.32. The first-order valence-electron chi connectivity index (χ1n) is 4.55. The lowest BCUT2D eigenvalue weighted by Crippen LogP contribution is -2.44. The number of ether oxygens (including phenoxy) is 1. The quantitative estimate of drug-likeness (QED) is 0.583. The molecule has 2 aliphatic rings. The predicted molar refractivity (Wildman–Crippen MR) is 44.3 cm³/mol. The van der Waals surface area contributed by atoms with E-state index in [4.69, 9.17) is 10.5 Å². The summed E-state index contributed by atoms with van der Waals surface area (Å²) < 4.78 is 4.71. The van der Waals surface area contributed by atoms with Crippen molar-refractivity contribution in [1.82, 2.24) is 0 Å². The summed E-state index contributed by atoms with van der Waals surface area (Å²) in [5.41, 5.74) is 5.82. The first kappa shape index (κ1) is 8.05. The van der Waals surface area contributed by atoms with E-state index < -0.39 is 0 Å². The smallest absolute Gasteiger partial charge is 0.308 e. The molecule has 12 heavy (non-hydrogen) atoms. The molecule has 2 N–H and O–H groups in total. The lowest BCUT2D eigenvalue weighted by atomic mass is 9.72. The Hall–Kier alpha value is -0.570. The van der Waals surface area contributed by atoms with Gasteiger partial charge in [-0.2, -0.15) is 0 Å². The van der Waals surface area contributed by atoms with E-state index in [1.807, 2.05) is 0 Å². The summed E-state index contributed by atoms with van der Waals surface area (Å²) in [6.45, 7) is 0. The Morgan fingerprint density at radius 1 is 1.42 bits per heavy atom. The summed E-state index contributed by atoms with van der Waals surface area (Å²) in [6.07, 6.45) is 3.07. The first-order valence-corrected chi connectivity index (χ1v) is 4.55. The van der Waals surface area contributed by atoms with Crippen molar-refractivity contribution in [2.45, 2.75) is 25.3 Å². The van der Waals surface area contributed by atoms with Gasteiger partial charge in [0.05, 0.1) is 13.0 Å². The van der Waals surface area contributed by atoms with Gasteiger partial charge in [0, 0.05) is 6.04 Å². The minimum atomic E-state index is -0.0448. The van der Waals surface area contributed by atoms with Gasteiger partial charge in [-0.3, -0.25) is 4.79 Å². The fourth-order valence-corrected chi connectivity index (χ4v) is 2.64. The van der Waals surface area contributed by atoms with Crippen LogP contribution in [-0.2, 0) is 9.53 Å². The van der Waals surface area contributed by atoms with E-state index in [0.717, 1.165) is 19.3 Å². The normalized spacial score (nSPS) is 44.8. The molecule has 4 atom stereocenters. The van der Waals surface area contributed by atoms with Crippen LogP contribution in [0.4, 0.5) is 0 Å². The molecule has 0 bridgehead atoms. The molecule has 0 saturated heterocycles. The van der Waals surface area contributed by atoms with E-state index in [1.54, 1.807) is 0 Å². The van der Waals surface area contributed by atoms with Crippen molar-refractivity contribution in [3.05, 3.63) is 0 Å². The van der Waals surface area contributed by atoms with Gasteiger partial charge in [-0.05, 0) is 31.1 Å². The number of hydrogen-bond acceptors (Lipinski definition) is 3. The standard InChI is InChI=1S/C9H15NO2/c1-12-9(11)6-2-5-4-8(10)7(5)3-6/h5-8H,2-4,10H2,1H3. The highest BCUT2D eigenvalue weighted by molar-refractivity contribution is 5.72. The van der Waals surface area contributed by atoms with Gasteiger partial charge < -0.3 is 10.5 Å². The van der Waals surface area contributed by atoms with Crippen LogP contribution in [0.25, 0.3) is 0 Å². The largest absolute Gasteiger partial charge is 0.469 e. The third-order valence-electron chi connectivity index (χ3n) is 3.41. The molecule has 0 aromatic heterocycles. The van der Waals surface area contributed by atoms with Crippen LogP contribution in [0, 0.1) is 17.8 Å². The van der Waals surface area contributed by atoms with Gasteiger partial charge in [0.15, 0.2) is 0 Å². The third-order valence-corrected chi connectivity index (χ3v) is 3.41. The monoisotopic (exact) mass is 169 g/mol. The van der Waals surface area contributed by atoms with Crippen molar-refractivity contribution in [1.29, 1.82) is 0 Å². The van der Waals surface area contributed by atoms with Gasteiger partial charge >= 0.3 is 5.97 Å². The SMILES string of the molecule is COC(=O)C1CC2CC(N)C2C1. The van der Waals surface area contributed by atoms with Crippen molar-refractivity contribution >= 4 is 5.97 Å². The van der Waals surface area contributed by atoms with Crippen molar-refractivity contribution in [3.8, 4) is 0 Å². The third kappa shape index (κ3) is 1.04. The molecule has 0 amide bonds. The van der Waals surface area contributed by atoms with Crippen molar-refractivity contribution < 1.29 is 9.53 Å². The molecule has 0 heterocycles. The molecular formula is C9H15NO2. The number of methoxy groups -OCH3 is 1. The van der Waals surface area contributed by atoms with Crippen LogP contribution in [0.3, 0.4) is 0 Å². The maximum Gasteiger partial charge on any atom is 0.308 e. The first-order chi connectivity index (χ1) is 5.72. The van der Waals surface area contributed by atoms with Crippen LogP contribution >= 0.6 is 0 Å². The highest BCUT2D eigenvalue weighted by atomic mass is 16.5. The summed E-state index contributed by atoms with van der Waals surface area (Å²) in [5, 5.41) is 0. The van der Waals surface area contributed by atoms with Crippen LogP contribution in [0.15, 0.2) is 0 Å². The van der Waals surface area contributed by atoms with Crippen LogP contribution in [0.5, 0.6) is 0 Å². The topological polar surface area (TPSA) is 52.3 Å². The maximum absolute atomic E-state index is 11.2. The summed E-state index contributed by atoms with van der Waals surface area (Å²) in [5.74, 6) is 1.41. The molecule has 2 saturated carbocycles.